The molecule has 0 amide bonds. The Morgan fingerprint density at radius 2 is 0.380 bits per heavy atom. The predicted octanol–water partition coefficient (Wildman–Crippen LogP) is 21.6. The largest absolute Gasteiger partial charge is 3.00 e. The first-order valence-corrected chi connectivity index (χ1v) is 36.8. The maximum atomic E-state index is 10.2. The van der Waals surface area contributed by atoms with Gasteiger partial charge in [-0.15, -0.1) is 0 Å². The van der Waals surface area contributed by atoms with Crippen LogP contribution in [0.5, 0.6) is 0 Å². The van der Waals surface area contributed by atoms with Gasteiger partial charge in [0, 0.05) is 0 Å². The van der Waals surface area contributed by atoms with Crippen molar-refractivity contribution in [1.82, 2.24) is 0 Å². The predicted molar refractivity (Wildman–Crippen MR) is 465 cm³/mol. The summed E-state index contributed by atoms with van der Waals surface area (Å²) >= 11 is 0. The molecule has 8 aromatic carbocycles. The second kappa shape index (κ2) is 47.1. The molecule has 2 radical (unpaired) electrons. The Balaban J connectivity index is -0.00000118. The summed E-state index contributed by atoms with van der Waals surface area (Å²) < 4.78 is 0. The zero-order valence-corrected chi connectivity index (χ0v) is 89.0. The summed E-state index contributed by atoms with van der Waals surface area (Å²) in [6.45, 7) is 73.3. The molecule has 0 aliphatic rings. The summed E-state index contributed by atoms with van der Waals surface area (Å²) in [6, 6.07) is 48.2. The van der Waals surface area contributed by atoms with Crippen LogP contribution in [0.2, 0.25) is 0 Å². The van der Waals surface area contributed by atoms with Crippen molar-refractivity contribution in [2.24, 2.45) is 32.5 Å². The third kappa shape index (κ3) is 35.3. The van der Waals surface area contributed by atoms with E-state index in [0.29, 0.717) is 34.3 Å². The maximum Gasteiger partial charge on any atom is 3.00 e. The van der Waals surface area contributed by atoms with Gasteiger partial charge in [-0.2, -0.15) is 28.6 Å². The Bertz CT molecular complexity index is 3580. The third-order valence-electron chi connectivity index (χ3n) is 17.6. The van der Waals surface area contributed by atoms with E-state index in [4.69, 9.17) is 0 Å². The molecule has 8 aromatic rings. The first-order valence-electron chi connectivity index (χ1n) is 36.8. The molecule has 562 valence electrons. The Morgan fingerprint density at radius 3 is 0.519 bits per heavy atom. The Hall–Kier alpha value is -3.10. The molecule has 0 fully saturated rings. The van der Waals surface area contributed by atoms with Crippen LogP contribution in [0.4, 0.5) is 0 Å². The van der Waals surface area contributed by atoms with Gasteiger partial charge in [0.2, 0.25) is 0 Å². The maximum absolute atomic E-state index is 10.2. The van der Waals surface area contributed by atoms with E-state index in [0.717, 1.165) is 106 Å². The van der Waals surface area contributed by atoms with E-state index in [-0.39, 0.29) is 197 Å². The molecular formula is C98H130K2N6U2. The summed E-state index contributed by atoms with van der Waals surface area (Å²) in [6.07, 6.45) is 4.24. The van der Waals surface area contributed by atoms with Crippen LogP contribution in [-0.2, 0) is 0 Å². The molecule has 108 heavy (non-hydrogen) atoms. The van der Waals surface area contributed by atoms with Crippen LogP contribution in [0, 0.1) is 231 Å². The van der Waals surface area contributed by atoms with Crippen molar-refractivity contribution >= 4 is 46.4 Å². The number of aryl methyl sites for hydroxylation is 18. The van der Waals surface area contributed by atoms with Crippen molar-refractivity contribution in [3.63, 3.8) is 0 Å². The monoisotopic (exact) mass is 1950 g/mol. The second-order valence-corrected chi connectivity index (χ2v) is 35.1. The van der Waals surface area contributed by atoms with Crippen molar-refractivity contribution in [2.75, 3.05) is 0 Å². The molecule has 0 spiro atoms. The SMILES string of the molecule is C(=C\c1ccccc1)/c1ccccc1.Cc1[c-]c(C)c(C(=[N-])C(C)(C)C)c(C)[c-]1.Cc1cc(C)c(C(=[N-])C(C)(C)C)c(C)c1.Cc1cc(C)c(C(=[N-])C(C)(C)C)c(C)c1.Cc1cc(C)c(C(=[N-])C(C)(C)C)c(C)c1.Cc1cc(C)c(C(=[N-])C(C)(C)C)c(C)c1.Cc1cc(C)c(C(=[N-])C(C)(C)C)c(C)c1.[K+].[K+].[U+3].[U+3]. The standard InChI is InChI=1S/5C14H20N.C14H18N.C14H12.2K.2U/c6*1-9-7-10(2)12(11(3)8-9)13(15)14(4,5)6;1-3-7-13(8-4-1)11-12-14-9-5-2-6-10-14;;;;/h5*7-8H,1-6H3;1-6H3;1-12H;;;;/q5*-1;-3;;2*+1;2*+3/b;;;;;;12-11+;;;;. The molecular weight excluding hydrogens is 1820 g/mol. The number of rotatable bonds is 8. The second-order valence-electron chi connectivity index (χ2n) is 35.1. The van der Waals surface area contributed by atoms with E-state index >= 15 is 0 Å². The molecule has 0 unspecified atom stereocenters. The van der Waals surface area contributed by atoms with Gasteiger partial charge >= 0.3 is 165 Å². The number of hydrogen-bond acceptors (Lipinski definition) is 0. The number of benzene rings is 8. The summed E-state index contributed by atoms with van der Waals surface area (Å²) in [4.78, 5) is 0. The molecule has 0 atom stereocenters. The van der Waals surface area contributed by atoms with E-state index in [1.54, 1.807) is 0 Å². The number of hydrogen-bond donors (Lipinski definition) is 0. The minimum absolute atomic E-state index is 0. The van der Waals surface area contributed by atoms with Gasteiger partial charge in [-0.1, -0.05) is 312 Å². The van der Waals surface area contributed by atoms with E-state index in [2.05, 4.69) is 213 Å². The Kier molecular flexibility index (Phi) is 47.5. The minimum atomic E-state index is -0.230. The summed E-state index contributed by atoms with van der Waals surface area (Å²) in [7, 11) is 0. The van der Waals surface area contributed by atoms with Gasteiger partial charge < -0.3 is 44.6 Å². The van der Waals surface area contributed by atoms with Gasteiger partial charge in [0.05, 0.1) is 0 Å². The van der Waals surface area contributed by atoms with Gasteiger partial charge in [-0.25, -0.2) is 0 Å². The Labute approximate surface area is 792 Å². The van der Waals surface area contributed by atoms with E-state index in [1.165, 1.54) is 38.9 Å². The van der Waals surface area contributed by atoms with E-state index in [1.807, 2.05) is 182 Å². The van der Waals surface area contributed by atoms with Gasteiger partial charge in [-0.3, -0.25) is 28.0 Å². The fourth-order valence-electron chi connectivity index (χ4n) is 12.7. The van der Waals surface area contributed by atoms with E-state index in [9.17, 15) is 32.5 Å². The fraction of sp³-hybridized carbons (Fsp3) is 0.429. The first-order chi connectivity index (χ1) is 47.3. The molecule has 0 bridgehead atoms. The molecule has 0 saturated heterocycles. The molecule has 6 nitrogen and oxygen atoms in total. The zero-order valence-electron chi connectivity index (χ0n) is 74.4. The average molecular weight is 1950 g/mol. The topological polar surface area (TPSA) is 134 Å². The van der Waals surface area contributed by atoms with Gasteiger partial charge in [0.1, 0.15) is 0 Å². The van der Waals surface area contributed by atoms with Crippen LogP contribution >= 0.6 is 0 Å². The fourth-order valence-corrected chi connectivity index (χ4v) is 12.7. The Morgan fingerprint density at radius 1 is 0.241 bits per heavy atom. The number of nitrogens with zero attached hydrogens (tertiary/aromatic N) is 6. The summed E-state index contributed by atoms with van der Waals surface area (Å²) in [5.74, 6) is 0. The summed E-state index contributed by atoms with van der Waals surface area (Å²) in [5, 5.41) is 61.3. The zero-order chi connectivity index (χ0) is 80.4. The van der Waals surface area contributed by atoms with E-state index < -0.39 is 0 Å². The van der Waals surface area contributed by atoms with Crippen LogP contribution in [-0.4, -0.2) is 34.3 Å². The van der Waals surface area contributed by atoms with Crippen LogP contribution in [0.1, 0.15) is 269 Å². The molecule has 10 heteroatoms. The van der Waals surface area contributed by atoms with Crippen molar-refractivity contribution in [3.8, 4) is 0 Å². The normalized spacial score (nSPS) is 11.0. The van der Waals surface area contributed by atoms with Crippen molar-refractivity contribution < 1.29 is 165 Å². The quantitative estimate of drug-likeness (QED) is 0.0620. The van der Waals surface area contributed by atoms with Crippen LogP contribution in [0.25, 0.3) is 44.6 Å². The molecule has 0 aliphatic carbocycles. The van der Waals surface area contributed by atoms with Crippen molar-refractivity contribution in [1.29, 1.82) is 0 Å². The average Bonchev–Trinajstić information content (AvgIpc) is 0.845. The summed E-state index contributed by atoms with van der Waals surface area (Å²) in [5.41, 5.74) is 30.8. The van der Waals surface area contributed by atoms with Gasteiger partial charge in [0.15, 0.2) is 0 Å². The van der Waals surface area contributed by atoms with Crippen LogP contribution < -0.4 is 103 Å². The smallest absolute Gasteiger partial charge is 0.828 e. The molecule has 0 N–H and O–H groups in total. The van der Waals surface area contributed by atoms with Crippen molar-refractivity contribution in [3.05, 3.63) is 311 Å². The van der Waals surface area contributed by atoms with Crippen molar-refractivity contribution in [2.45, 2.75) is 249 Å². The van der Waals surface area contributed by atoms with Gasteiger partial charge in [-0.05, 0) is 226 Å². The molecule has 0 aromatic heterocycles. The van der Waals surface area contributed by atoms with Gasteiger partial charge in [0.25, 0.3) is 0 Å². The molecule has 0 aliphatic heterocycles. The van der Waals surface area contributed by atoms with Crippen LogP contribution in [0.3, 0.4) is 0 Å². The molecule has 0 heterocycles. The minimum Gasteiger partial charge on any atom is -0.828 e. The third-order valence-corrected chi connectivity index (χ3v) is 17.6. The molecule has 8 rings (SSSR count). The first kappa shape index (κ1) is 109. The van der Waals surface area contributed by atoms with Crippen LogP contribution in [0.15, 0.2) is 121 Å². The molecule has 0 saturated carbocycles.